The van der Waals surface area contributed by atoms with Gasteiger partial charge in [-0.1, -0.05) is 0 Å². The van der Waals surface area contributed by atoms with Gasteiger partial charge in [0.2, 0.25) is 0 Å². The van der Waals surface area contributed by atoms with Crippen LogP contribution < -0.4 is 5.56 Å². The van der Waals surface area contributed by atoms with Gasteiger partial charge in [-0.2, -0.15) is 0 Å². The fourth-order valence-electron chi connectivity index (χ4n) is 1.34. The van der Waals surface area contributed by atoms with Gasteiger partial charge in [-0.3, -0.25) is 9.78 Å². The first-order valence-corrected chi connectivity index (χ1v) is 5.81. The number of aromatic amines is 1. The first kappa shape index (κ1) is 12.3. The van der Waals surface area contributed by atoms with Gasteiger partial charge in [0.15, 0.2) is 5.16 Å². The lowest BCUT2D eigenvalue weighted by Gasteiger charge is -2.04. The van der Waals surface area contributed by atoms with Crippen LogP contribution in [0.1, 0.15) is 16.1 Å². The Labute approximate surface area is 106 Å². The summed E-state index contributed by atoms with van der Waals surface area (Å²) in [5.41, 5.74) is 0.423. The summed E-state index contributed by atoms with van der Waals surface area (Å²) in [4.78, 5) is 33.2. The summed E-state index contributed by atoms with van der Waals surface area (Å²) in [6, 6.07) is 2.77. The highest BCUT2D eigenvalue weighted by Crippen LogP contribution is 2.26. The van der Waals surface area contributed by atoms with Crippen molar-refractivity contribution in [3.63, 3.8) is 0 Å². The van der Waals surface area contributed by atoms with Crippen LogP contribution in [0.4, 0.5) is 0 Å². The summed E-state index contributed by atoms with van der Waals surface area (Å²) in [7, 11) is 0. The molecule has 0 radical (unpaired) electrons. The zero-order valence-electron chi connectivity index (χ0n) is 9.38. The average Bonchev–Trinajstić information content (AvgIpc) is 2.27. The molecule has 7 heteroatoms. The summed E-state index contributed by atoms with van der Waals surface area (Å²) in [6.07, 6.45) is 2.83. The van der Waals surface area contributed by atoms with E-state index in [0.29, 0.717) is 15.7 Å². The summed E-state index contributed by atoms with van der Waals surface area (Å²) < 4.78 is 0. The Hall–Kier alpha value is -2.15. The molecule has 0 aliphatic rings. The number of hydrogen-bond donors (Lipinski definition) is 2. The smallest absolute Gasteiger partial charge is 0.336 e. The first-order valence-electron chi connectivity index (χ1n) is 4.99. The van der Waals surface area contributed by atoms with Crippen LogP contribution in [0.25, 0.3) is 0 Å². The van der Waals surface area contributed by atoms with Crippen LogP contribution in [-0.2, 0) is 0 Å². The molecular weight excluding hydrogens is 254 g/mol. The van der Waals surface area contributed by atoms with Crippen molar-refractivity contribution in [3.8, 4) is 0 Å². The van der Waals surface area contributed by atoms with Crippen LogP contribution in [0.2, 0.25) is 0 Å². The number of aromatic nitrogens is 3. The highest BCUT2D eigenvalue weighted by molar-refractivity contribution is 7.99. The molecule has 2 aromatic rings. The molecule has 2 heterocycles. The molecule has 0 saturated heterocycles. The Bertz CT molecular complexity index is 654. The molecule has 0 amide bonds. The largest absolute Gasteiger partial charge is 0.478 e. The van der Waals surface area contributed by atoms with Crippen molar-refractivity contribution in [3.05, 3.63) is 46.1 Å². The molecule has 2 rings (SSSR count). The molecule has 2 aromatic heterocycles. The highest BCUT2D eigenvalue weighted by Gasteiger charge is 2.12. The molecule has 6 nitrogen and oxygen atoms in total. The van der Waals surface area contributed by atoms with Gasteiger partial charge in [0.05, 0.1) is 5.56 Å². The molecule has 0 aromatic carbocycles. The Morgan fingerprint density at radius 2 is 2.28 bits per heavy atom. The summed E-state index contributed by atoms with van der Waals surface area (Å²) in [5, 5.41) is 9.36. The molecular formula is C11H9N3O3S. The third-order valence-electron chi connectivity index (χ3n) is 2.07. The van der Waals surface area contributed by atoms with Gasteiger partial charge in [-0.15, -0.1) is 0 Å². The van der Waals surface area contributed by atoms with E-state index >= 15 is 0 Å². The van der Waals surface area contributed by atoms with Crippen LogP contribution in [0, 0.1) is 6.92 Å². The van der Waals surface area contributed by atoms with Crippen molar-refractivity contribution in [1.29, 1.82) is 0 Å². The number of pyridine rings is 1. The van der Waals surface area contributed by atoms with Crippen LogP contribution in [0.5, 0.6) is 0 Å². The normalized spacial score (nSPS) is 10.3. The molecule has 0 fully saturated rings. The zero-order valence-corrected chi connectivity index (χ0v) is 10.2. The van der Waals surface area contributed by atoms with E-state index in [4.69, 9.17) is 5.11 Å². The van der Waals surface area contributed by atoms with Crippen LogP contribution in [0.3, 0.4) is 0 Å². The van der Waals surface area contributed by atoms with E-state index in [-0.39, 0.29) is 11.1 Å². The predicted octanol–water partition coefficient (Wildman–Crippen LogP) is 1.32. The minimum atomic E-state index is -1.05. The van der Waals surface area contributed by atoms with Crippen molar-refractivity contribution >= 4 is 17.7 Å². The van der Waals surface area contributed by atoms with E-state index in [1.54, 1.807) is 6.92 Å². The minimum absolute atomic E-state index is 0.124. The standard InChI is InChI=1S/C11H9N3O3S/c1-6-4-9(15)14-11(13-6)18-8-5-12-3-2-7(8)10(16)17/h2-5H,1H3,(H,16,17)(H,13,14,15). The van der Waals surface area contributed by atoms with Crippen LogP contribution in [0.15, 0.2) is 39.4 Å². The number of hydrogen-bond acceptors (Lipinski definition) is 5. The number of carbonyl (C=O) groups is 1. The quantitative estimate of drug-likeness (QED) is 0.811. The number of H-pyrrole nitrogens is 1. The number of aromatic carboxylic acids is 1. The van der Waals surface area contributed by atoms with Crippen molar-refractivity contribution in [2.75, 3.05) is 0 Å². The molecule has 0 atom stereocenters. The third kappa shape index (κ3) is 2.75. The molecule has 0 spiro atoms. The van der Waals surface area contributed by atoms with Crippen molar-refractivity contribution < 1.29 is 9.90 Å². The predicted molar refractivity (Wildman–Crippen MR) is 64.9 cm³/mol. The lowest BCUT2D eigenvalue weighted by atomic mass is 10.3. The van der Waals surface area contributed by atoms with E-state index in [9.17, 15) is 9.59 Å². The molecule has 0 saturated carbocycles. The van der Waals surface area contributed by atoms with Gasteiger partial charge in [0, 0.05) is 29.0 Å². The summed E-state index contributed by atoms with van der Waals surface area (Å²) in [6.45, 7) is 1.70. The highest BCUT2D eigenvalue weighted by atomic mass is 32.2. The van der Waals surface area contributed by atoms with Crippen LogP contribution in [-0.4, -0.2) is 26.0 Å². The maximum atomic E-state index is 11.3. The van der Waals surface area contributed by atoms with Crippen molar-refractivity contribution in [1.82, 2.24) is 15.0 Å². The lowest BCUT2D eigenvalue weighted by molar-refractivity contribution is 0.0693. The van der Waals surface area contributed by atoms with Gasteiger partial charge in [0.1, 0.15) is 0 Å². The second kappa shape index (κ2) is 5.01. The Morgan fingerprint density at radius 3 is 2.94 bits per heavy atom. The fourth-order valence-corrected chi connectivity index (χ4v) is 2.27. The second-order valence-corrected chi connectivity index (χ2v) is 4.50. The van der Waals surface area contributed by atoms with Crippen molar-refractivity contribution in [2.45, 2.75) is 17.0 Å². The Kier molecular flexibility index (Phi) is 3.42. The Balaban J connectivity index is 2.40. The van der Waals surface area contributed by atoms with Crippen LogP contribution >= 0.6 is 11.8 Å². The number of rotatable bonds is 3. The Morgan fingerprint density at radius 1 is 1.50 bits per heavy atom. The monoisotopic (exact) mass is 263 g/mol. The molecule has 92 valence electrons. The van der Waals surface area contributed by atoms with Gasteiger partial charge in [-0.05, 0) is 24.8 Å². The van der Waals surface area contributed by atoms with Gasteiger partial charge >= 0.3 is 5.97 Å². The number of nitrogens with one attached hydrogen (secondary N) is 1. The van der Waals surface area contributed by atoms with E-state index in [1.165, 1.54) is 24.5 Å². The average molecular weight is 263 g/mol. The van der Waals surface area contributed by atoms with E-state index in [0.717, 1.165) is 11.8 Å². The number of nitrogens with zero attached hydrogens (tertiary/aromatic N) is 2. The molecule has 0 bridgehead atoms. The molecule has 0 aliphatic carbocycles. The first-order chi connectivity index (χ1) is 8.56. The molecule has 0 unspecified atom stereocenters. The van der Waals surface area contributed by atoms with Gasteiger partial charge in [-0.25, -0.2) is 9.78 Å². The number of aryl methyl sites for hydroxylation is 1. The number of carboxylic acid groups (broad SMARTS) is 1. The van der Waals surface area contributed by atoms with E-state index in [1.807, 2.05) is 0 Å². The maximum absolute atomic E-state index is 11.3. The fraction of sp³-hybridized carbons (Fsp3) is 0.0909. The third-order valence-corrected chi connectivity index (χ3v) is 3.00. The maximum Gasteiger partial charge on any atom is 0.336 e. The number of carboxylic acids is 1. The van der Waals surface area contributed by atoms with Crippen molar-refractivity contribution in [2.24, 2.45) is 0 Å². The molecule has 2 N–H and O–H groups in total. The summed E-state index contributed by atoms with van der Waals surface area (Å²) in [5.74, 6) is -1.05. The molecule has 0 aliphatic heterocycles. The van der Waals surface area contributed by atoms with E-state index in [2.05, 4.69) is 15.0 Å². The molecule has 18 heavy (non-hydrogen) atoms. The minimum Gasteiger partial charge on any atom is -0.478 e. The SMILES string of the molecule is Cc1cc(=O)[nH]c(Sc2cnccc2C(=O)O)n1. The lowest BCUT2D eigenvalue weighted by Crippen LogP contribution is -2.08. The van der Waals surface area contributed by atoms with E-state index < -0.39 is 5.97 Å². The summed E-state index contributed by atoms with van der Waals surface area (Å²) >= 11 is 1.06. The zero-order chi connectivity index (χ0) is 13.1. The van der Waals surface area contributed by atoms with Gasteiger partial charge in [0.25, 0.3) is 5.56 Å². The second-order valence-electron chi connectivity index (χ2n) is 3.47. The van der Waals surface area contributed by atoms with Gasteiger partial charge < -0.3 is 10.1 Å². The topological polar surface area (TPSA) is 95.9 Å².